The van der Waals surface area contributed by atoms with Crippen LogP contribution >= 0.6 is 0 Å². The number of hydrogen-bond donors (Lipinski definition) is 2. The van der Waals surface area contributed by atoms with E-state index < -0.39 is 0 Å². The molecule has 0 spiro atoms. The quantitative estimate of drug-likeness (QED) is 0.465. The number of rotatable bonds is 15. The Morgan fingerprint density at radius 2 is 1.04 bits per heavy atom. The third-order valence-electron chi connectivity index (χ3n) is 4.42. The lowest BCUT2D eigenvalue weighted by Crippen LogP contribution is -2.35. The Bertz CT molecular complexity index is 351. The van der Waals surface area contributed by atoms with Gasteiger partial charge in [-0.25, -0.2) is 0 Å². The highest BCUT2D eigenvalue weighted by Crippen LogP contribution is 2.04. The van der Waals surface area contributed by atoms with E-state index in [-0.39, 0.29) is 11.8 Å². The van der Waals surface area contributed by atoms with Gasteiger partial charge in [-0.05, 0) is 43.6 Å². The Morgan fingerprint density at radius 3 is 1.38 bits per heavy atom. The van der Waals surface area contributed by atoms with Gasteiger partial charge in [-0.1, -0.05) is 41.5 Å². The molecule has 0 aliphatic carbocycles. The molecule has 0 radical (unpaired) electrons. The van der Waals surface area contributed by atoms with Gasteiger partial charge in [0, 0.05) is 39.0 Å². The summed E-state index contributed by atoms with van der Waals surface area (Å²) in [5, 5.41) is 5.99. The second-order valence-electron chi connectivity index (χ2n) is 8.59. The van der Waals surface area contributed by atoms with E-state index in [1.165, 1.54) is 0 Å². The number of carbonyl (C=O) groups is 2. The number of nitrogens with one attached hydrogen (secondary N) is 2. The van der Waals surface area contributed by atoms with Crippen LogP contribution in [-0.2, 0) is 9.59 Å². The summed E-state index contributed by atoms with van der Waals surface area (Å²) >= 11 is 0. The van der Waals surface area contributed by atoms with Crippen LogP contribution in [0.5, 0.6) is 0 Å². The van der Waals surface area contributed by atoms with Crippen molar-refractivity contribution < 1.29 is 9.59 Å². The molecule has 0 saturated carbocycles. The van der Waals surface area contributed by atoms with E-state index >= 15 is 0 Å². The van der Waals surface area contributed by atoms with Crippen LogP contribution in [0.25, 0.3) is 0 Å². The van der Waals surface area contributed by atoms with Crippen molar-refractivity contribution in [1.29, 1.82) is 0 Å². The molecule has 0 heterocycles. The van der Waals surface area contributed by atoms with Gasteiger partial charge in [-0.3, -0.25) is 9.59 Å². The number of amides is 2. The van der Waals surface area contributed by atoms with Gasteiger partial charge in [-0.2, -0.15) is 0 Å². The maximum atomic E-state index is 12.0. The van der Waals surface area contributed by atoms with E-state index in [9.17, 15) is 9.59 Å². The summed E-state index contributed by atoms with van der Waals surface area (Å²) in [5.74, 6) is 2.06. The van der Waals surface area contributed by atoms with E-state index in [0.717, 1.165) is 52.0 Å². The molecule has 0 aromatic heterocycles. The predicted molar refractivity (Wildman–Crippen MR) is 110 cm³/mol. The molecule has 0 aromatic rings. The average molecular weight is 370 g/mol. The highest BCUT2D eigenvalue weighted by atomic mass is 16.2. The second-order valence-corrected chi connectivity index (χ2v) is 8.59. The largest absolute Gasteiger partial charge is 0.356 e. The fraction of sp³-hybridized carbons (Fsp3) is 0.905. The molecule has 26 heavy (non-hydrogen) atoms. The van der Waals surface area contributed by atoms with Gasteiger partial charge in [-0.15, -0.1) is 0 Å². The van der Waals surface area contributed by atoms with E-state index in [4.69, 9.17) is 0 Å². The molecule has 0 unspecified atom stereocenters. The van der Waals surface area contributed by atoms with Gasteiger partial charge in [0.25, 0.3) is 0 Å². The molecule has 0 aromatic carbocycles. The van der Waals surface area contributed by atoms with Crippen molar-refractivity contribution in [3.05, 3.63) is 0 Å². The minimum Gasteiger partial charge on any atom is -0.356 e. The number of hydrogen-bond acceptors (Lipinski definition) is 3. The molecule has 0 aliphatic rings. The van der Waals surface area contributed by atoms with Crippen LogP contribution in [0.1, 0.15) is 73.6 Å². The van der Waals surface area contributed by atoms with Crippen LogP contribution in [-0.4, -0.2) is 49.4 Å². The molecule has 0 aliphatic heterocycles. The Labute approximate surface area is 161 Å². The van der Waals surface area contributed by atoms with E-state index in [1.54, 1.807) is 0 Å². The fourth-order valence-electron chi connectivity index (χ4n) is 2.47. The summed E-state index contributed by atoms with van der Waals surface area (Å²) in [6.07, 6.45) is 4.12. The normalized spacial score (nSPS) is 11.6. The zero-order chi connectivity index (χ0) is 19.9. The van der Waals surface area contributed by atoms with Gasteiger partial charge in [0.2, 0.25) is 11.8 Å². The van der Waals surface area contributed by atoms with Crippen LogP contribution in [0.15, 0.2) is 0 Å². The van der Waals surface area contributed by atoms with Gasteiger partial charge in [0.15, 0.2) is 0 Å². The van der Waals surface area contributed by atoms with Crippen molar-refractivity contribution in [1.82, 2.24) is 15.5 Å². The van der Waals surface area contributed by atoms with Crippen LogP contribution < -0.4 is 10.6 Å². The predicted octanol–water partition coefficient (Wildman–Crippen LogP) is 3.44. The number of carbonyl (C=O) groups excluding carboxylic acids is 2. The minimum absolute atomic E-state index is 0.113. The first kappa shape index (κ1) is 24.9. The van der Waals surface area contributed by atoms with Gasteiger partial charge in [0.1, 0.15) is 0 Å². The molecule has 0 atom stereocenters. The Morgan fingerprint density at radius 1 is 0.654 bits per heavy atom. The standard InChI is InChI=1S/C21H43N3O2/c1-17(2)7-12-22-20(25)10-15-24(14-9-19(5)6)16-11-21(26)23-13-8-18(3)4/h17-19H,7-16H2,1-6H3,(H,22,25)(H,23,26). The molecule has 5 heteroatoms. The minimum atomic E-state index is 0.113. The van der Waals surface area contributed by atoms with E-state index in [0.29, 0.717) is 30.6 Å². The van der Waals surface area contributed by atoms with Gasteiger partial charge < -0.3 is 15.5 Å². The van der Waals surface area contributed by atoms with Crippen molar-refractivity contribution in [2.45, 2.75) is 73.6 Å². The van der Waals surface area contributed by atoms with Crippen LogP contribution in [0, 0.1) is 17.8 Å². The van der Waals surface area contributed by atoms with Crippen LogP contribution in [0.3, 0.4) is 0 Å². The lowest BCUT2D eigenvalue weighted by Gasteiger charge is -2.23. The molecule has 2 amide bonds. The van der Waals surface area contributed by atoms with Crippen molar-refractivity contribution in [3.8, 4) is 0 Å². The lowest BCUT2D eigenvalue weighted by molar-refractivity contribution is -0.121. The summed E-state index contributed by atoms with van der Waals surface area (Å²) in [4.78, 5) is 26.2. The first-order chi connectivity index (χ1) is 12.2. The molecular weight excluding hydrogens is 326 g/mol. The van der Waals surface area contributed by atoms with E-state index in [1.807, 2.05) is 0 Å². The smallest absolute Gasteiger partial charge is 0.221 e. The third kappa shape index (κ3) is 16.4. The summed E-state index contributed by atoms with van der Waals surface area (Å²) in [5.41, 5.74) is 0. The fourth-order valence-corrected chi connectivity index (χ4v) is 2.47. The zero-order valence-electron chi connectivity index (χ0n) is 18.1. The maximum Gasteiger partial charge on any atom is 0.221 e. The molecule has 5 nitrogen and oxygen atoms in total. The summed E-state index contributed by atoms with van der Waals surface area (Å²) in [6.45, 7) is 16.9. The molecular formula is C21H43N3O2. The summed E-state index contributed by atoms with van der Waals surface area (Å²) in [7, 11) is 0. The topological polar surface area (TPSA) is 61.4 Å². The second kappa shape index (κ2) is 15.0. The van der Waals surface area contributed by atoms with Crippen molar-refractivity contribution in [3.63, 3.8) is 0 Å². The van der Waals surface area contributed by atoms with E-state index in [2.05, 4.69) is 57.1 Å². The molecule has 0 fully saturated rings. The summed E-state index contributed by atoms with van der Waals surface area (Å²) < 4.78 is 0. The summed E-state index contributed by atoms with van der Waals surface area (Å²) in [6, 6.07) is 0. The molecule has 0 saturated heterocycles. The van der Waals surface area contributed by atoms with Gasteiger partial charge >= 0.3 is 0 Å². The third-order valence-corrected chi connectivity index (χ3v) is 4.42. The molecule has 2 N–H and O–H groups in total. The SMILES string of the molecule is CC(C)CCNC(=O)CCN(CCC(=O)NCCC(C)C)CCC(C)C. The highest BCUT2D eigenvalue weighted by Gasteiger charge is 2.11. The van der Waals surface area contributed by atoms with Crippen LogP contribution in [0.2, 0.25) is 0 Å². The monoisotopic (exact) mass is 369 g/mol. The highest BCUT2D eigenvalue weighted by molar-refractivity contribution is 5.76. The molecule has 154 valence electrons. The molecule has 0 bridgehead atoms. The van der Waals surface area contributed by atoms with Crippen LogP contribution in [0.4, 0.5) is 0 Å². The zero-order valence-corrected chi connectivity index (χ0v) is 18.1. The average Bonchev–Trinajstić information content (AvgIpc) is 2.53. The Balaban J connectivity index is 4.17. The first-order valence-corrected chi connectivity index (χ1v) is 10.5. The number of nitrogens with zero attached hydrogens (tertiary/aromatic N) is 1. The van der Waals surface area contributed by atoms with Crippen molar-refractivity contribution in [2.24, 2.45) is 17.8 Å². The lowest BCUT2D eigenvalue weighted by atomic mass is 10.1. The Hall–Kier alpha value is -1.10. The van der Waals surface area contributed by atoms with Crippen molar-refractivity contribution in [2.75, 3.05) is 32.7 Å². The molecule has 0 rings (SSSR count). The first-order valence-electron chi connectivity index (χ1n) is 10.5. The Kier molecular flexibility index (Phi) is 14.4. The van der Waals surface area contributed by atoms with Gasteiger partial charge in [0.05, 0.1) is 0 Å². The van der Waals surface area contributed by atoms with Crippen molar-refractivity contribution >= 4 is 11.8 Å². The maximum absolute atomic E-state index is 12.0.